The second kappa shape index (κ2) is 4.99. The fourth-order valence-corrected chi connectivity index (χ4v) is 1.40. The Morgan fingerprint density at radius 2 is 2.12 bits per heavy atom. The van der Waals surface area contributed by atoms with E-state index in [0.717, 1.165) is 12.8 Å². The Morgan fingerprint density at radius 1 is 1.35 bits per heavy atom. The lowest BCUT2D eigenvalue weighted by Crippen LogP contribution is -2.17. The highest BCUT2D eigenvalue weighted by Gasteiger charge is 2.24. The molecule has 0 aliphatic heterocycles. The summed E-state index contributed by atoms with van der Waals surface area (Å²) in [7, 11) is 0. The van der Waals surface area contributed by atoms with Crippen LogP contribution in [-0.4, -0.2) is 24.5 Å². The minimum Gasteiger partial charge on any atom is -0.490 e. The van der Waals surface area contributed by atoms with Gasteiger partial charge in [-0.25, -0.2) is 4.79 Å². The average molecular weight is 234 g/mol. The summed E-state index contributed by atoms with van der Waals surface area (Å²) in [5, 5.41) is 0. The Hall–Kier alpha value is -1.84. The average Bonchev–Trinajstić information content (AvgIpc) is 3.12. The Morgan fingerprint density at radius 3 is 2.76 bits per heavy atom. The number of rotatable bonds is 5. The van der Waals surface area contributed by atoms with E-state index in [2.05, 4.69) is 4.74 Å². The van der Waals surface area contributed by atoms with Gasteiger partial charge in [0.15, 0.2) is 0 Å². The molecule has 1 aromatic rings. The number of hydrogen-bond acceptors (Lipinski definition) is 4. The van der Waals surface area contributed by atoms with Crippen LogP contribution in [0.25, 0.3) is 0 Å². The maximum atomic E-state index is 11.7. The number of carbonyl (C=O) groups is 2. The van der Waals surface area contributed by atoms with Crippen molar-refractivity contribution in [3.63, 3.8) is 0 Å². The van der Waals surface area contributed by atoms with Crippen molar-refractivity contribution in [1.82, 2.24) is 0 Å². The fourth-order valence-electron chi connectivity index (χ4n) is 1.40. The number of Topliss-reactive ketones (excluding diaryl/α,β-unsaturated/α-hetero) is 1. The third-order valence-corrected chi connectivity index (χ3v) is 2.38. The van der Waals surface area contributed by atoms with Gasteiger partial charge in [-0.2, -0.15) is 0 Å². The molecule has 0 aromatic heterocycles. The van der Waals surface area contributed by atoms with Crippen LogP contribution < -0.4 is 4.74 Å². The van der Waals surface area contributed by atoms with Crippen LogP contribution in [0.1, 0.15) is 30.1 Å². The van der Waals surface area contributed by atoms with E-state index < -0.39 is 11.8 Å². The molecule has 4 heteroatoms. The van der Waals surface area contributed by atoms with E-state index in [9.17, 15) is 9.59 Å². The van der Waals surface area contributed by atoms with Crippen LogP contribution in [0.2, 0.25) is 0 Å². The highest BCUT2D eigenvalue weighted by atomic mass is 16.5. The molecule has 0 saturated heterocycles. The maximum absolute atomic E-state index is 11.7. The van der Waals surface area contributed by atoms with Crippen LogP contribution in [0, 0.1) is 0 Å². The number of carbonyl (C=O) groups excluding carboxylic acids is 2. The van der Waals surface area contributed by atoms with Crippen molar-refractivity contribution in [2.75, 3.05) is 6.61 Å². The van der Waals surface area contributed by atoms with Crippen LogP contribution in [0.4, 0.5) is 0 Å². The summed E-state index contributed by atoms with van der Waals surface area (Å²) in [6, 6.07) is 6.64. The standard InChI is InChI=1S/C13H14O4/c1-2-16-13(15)12(14)9-4-3-5-11(8-9)17-10-6-7-10/h3-5,8,10H,2,6-7H2,1H3. The number of hydrogen-bond donors (Lipinski definition) is 0. The van der Waals surface area contributed by atoms with Gasteiger partial charge in [-0.3, -0.25) is 4.79 Å². The number of esters is 1. The normalized spacial score (nSPS) is 14.2. The lowest BCUT2D eigenvalue weighted by molar-refractivity contribution is -0.137. The summed E-state index contributed by atoms with van der Waals surface area (Å²) in [6.45, 7) is 1.86. The van der Waals surface area contributed by atoms with E-state index in [1.165, 1.54) is 0 Å². The van der Waals surface area contributed by atoms with E-state index in [1.54, 1.807) is 31.2 Å². The second-order valence-corrected chi connectivity index (χ2v) is 3.89. The van der Waals surface area contributed by atoms with E-state index in [4.69, 9.17) is 4.74 Å². The fraction of sp³-hybridized carbons (Fsp3) is 0.385. The molecule has 4 nitrogen and oxygen atoms in total. The molecule has 0 unspecified atom stereocenters. The van der Waals surface area contributed by atoms with Gasteiger partial charge >= 0.3 is 5.97 Å². The predicted molar refractivity (Wildman–Crippen MR) is 61.1 cm³/mol. The first-order valence-electron chi connectivity index (χ1n) is 5.69. The quantitative estimate of drug-likeness (QED) is 0.444. The SMILES string of the molecule is CCOC(=O)C(=O)c1cccc(OC2CC2)c1. The molecule has 17 heavy (non-hydrogen) atoms. The molecule has 1 saturated carbocycles. The van der Waals surface area contributed by atoms with Crippen LogP contribution in [-0.2, 0) is 9.53 Å². The topological polar surface area (TPSA) is 52.6 Å². The van der Waals surface area contributed by atoms with Crippen LogP contribution in [0.5, 0.6) is 5.75 Å². The Balaban J connectivity index is 2.08. The summed E-state index contributed by atoms with van der Waals surface area (Å²) in [5.74, 6) is -0.827. The highest BCUT2D eigenvalue weighted by molar-refractivity contribution is 6.40. The molecule has 0 amide bonds. The van der Waals surface area contributed by atoms with Crippen LogP contribution >= 0.6 is 0 Å². The van der Waals surface area contributed by atoms with Crippen LogP contribution in [0.15, 0.2) is 24.3 Å². The van der Waals surface area contributed by atoms with Gasteiger partial charge in [0.1, 0.15) is 5.75 Å². The van der Waals surface area contributed by atoms with Gasteiger partial charge in [0, 0.05) is 5.56 Å². The summed E-state index contributed by atoms with van der Waals surface area (Å²) in [6.07, 6.45) is 2.37. The number of ether oxygens (including phenoxy) is 2. The second-order valence-electron chi connectivity index (χ2n) is 3.89. The lowest BCUT2D eigenvalue weighted by Gasteiger charge is -2.06. The van der Waals surface area contributed by atoms with Crippen molar-refractivity contribution < 1.29 is 19.1 Å². The van der Waals surface area contributed by atoms with E-state index in [0.29, 0.717) is 11.3 Å². The zero-order valence-corrected chi connectivity index (χ0v) is 9.64. The molecular weight excluding hydrogens is 220 g/mol. The zero-order chi connectivity index (χ0) is 12.3. The van der Waals surface area contributed by atoms with Gasteiger partial charge in [0.25, 0.3) is 5.78 Å². The van der Waals surface area contributed by atoms with E-state index in [-0.39, 0.29) is 12.7 Å². The Labute approximate surface area is 99.5 Å². The monoisotopic (exact) mass is 234 g/mol. The summed E-state index contributed by atoms with van der Waals surface area (Å²) in [5.41, 5.74) is 0.307. The van der Waals surface area contributed by atoms with Crippen molar-refractivity contribution in [3.8, 4) is 5.75 Å². The first-order valence-corrected chi connectivity index (χ1v) is 5.69. The molecule has 90 valence electrons. The molecular formula is C13H14O4. The van der Waals surface area contributed by atoms with Gasteiger partial charge in [0.05, 0.1) is 12.7 Å². The van der Waals surface area contributed by atoms with Crippen molar-refractivity contribution in [2.24, 2.45) is 0 Å². The summed E-state index contributed by atoms with van der Waals surface area (Å²) in [4.78, 5) is 22.9. The minimum atomic E-state index is -0.823. The number of benzene rings is 1. The third kappa shape index (κ3) is 3.06. The Kier molecular flexibility index (Phi) is 3.42. The first kappa shape index (κ1) is 11.6. The van der Waals surface area contributed by atoms with Gasteiger partial charge in [0.2, 0.25) is 0 Å². The molecule has 1 aliphatic carbocycles. The molecule has 0 N–H and O–H groups in total. The smallest absolute Gasteiger partial charge is 0.379 e. The van der Waals surface area contributed by atoms with Crippen molar-refractivity contribution in [1.29, 1.82) is 0 Å². The maximum Gasteiger partial charge on any atom is 0.379 e. The first-order chi connectivity index (χ1) is 8.20. The van der Waals surface area contributed by atoms with Crippen molar-refractivity contribution >= 4 is 11.8 Å². The van der Waals surface area contributed by atoms with Gasteiger partial charge in [-0.1, -0.05) is 12.1 Å². The molecule has 0 heterocycles. The molecule has 1 aliphatic rings. The van der Waals surface area contributed by atoms with Gasteiger partial charge in [-0.15, -0.1) is 0 Å². The summed E-state index contributed by atoms with van der Waals surface area (Å²) < 4.78 is 10.2. The Bertz CT molecular complexity index is 435. The predicted octanol–water partition coefficient (Wildman–Crippen LogP) is 1.97. The van der Waals surface area contributed by atoms with E-state index >= 15 is 0 Å². The third-order valence-electron chi connectivity index (χ3n) is 2.38. The molecule has 0 bridgehead atoms. The van der Waals surface area contributed by atoms with Gasteiger partial charge < -0.3 is 9.47 Å². The molecule has 1 aromatic carbocycles. The lowest BCUT2D eigenvalue weighted by atomic mass is 10.1. The van der Waals surface area contributed by atoms with Crippen LogP contribution in [0.3, 0.4) is 0 Å². The summed E-state index contributed by atoms with van der Waals surface area (Å²) >= 11 is 0. The van der Waals surface area contributed by atoms with Gasteiger partial charge in [-0.05, 0) is 31.9 Å². The molecule has 0 atom stereocenters. The number of ketones is 1. The van der Waals surface area contributed by atoms with E-state index in [1.807, 2.05) is 0 Å². The van der Waals surface area contributed by atoms with Crippen molar-refractivity contribution in [3.05, 3.63) is 29.8 Å². The highest BCUT2D eigenvalue weighted by Crippen LogP contribution is 2.27. The molecule has 0 radical (unpaired) electrons. The molecule has 0 spiro atoms. The molecule has 2 rings (SSSR count). The largest absolute Gasteiger partial charge is 0.490 e. The minimum absolute atomic E-state index is 0.197. The van der Waals surface area contributed by atoms with Crippen molar-refractivity contribution in [2.45, 2.75) is 25.9 Å². The zero-order valence-electron chi connectivity index (χ0n) is 9.64. The molecule has 1 fully saturated rings.